The molecule has 2 N–H and O–H groups in total. The lowest BCUT2D eigenvalue weighted by Gasteiger charge is -2.32. The summed E-state index contributed by atoms with van der Waals surface area (Å²) in [5, 5.41) is 13.1. The van der Waals surface area contributed by atoms with Crippen molar-refractivity contribution in [2.45, 2.75) is 26.2 Å². The fourth-order valence-electron chi connectivity index (χ4n) is 3.18. The summed E-state index contributed by atoms with van der Waals surface area (Å²) in [5.74, 6) is -0.0714. The second kappa shape index (κ2) is 6.79. The predicted molar refractivity (Wildman–Crippen MR) is 92.1 cm³/mol. The van der Waals surface area contributed by atoms with Gasteiger partial charge >= 0.3 is 0 Å². The summed E-state index contributed by atoms with van der Waals surface area (Å²) in [6.07, 6.45) is 3.64. The van der Waals surface area contributed by atoms with Crippen molar-refractivity contribution in [1.82, 2.24) is 10.3 Å². The summed E-state index contributed by atoms with van der Waals surface area (Å²) in [4.78, 5) is 28.5. The van der Waals surface area contributed by atoms with Crippen molar-refractivity contribution in [1.29, 1.82) is 0 Å². The number of rotatable bonds is 5. The Bertz CT molecular complexity index is 779. The SMILES string of the molecule is CC1(C(=O)Cc2ccc3cc(C(=O)CO)cnc3c2)CCNCC1. The third-order valence-electron chi connectivity index (χ3n) is 4.96. The van der Waals surface area contributed by atoms with Crippen molar-refractivity contribution >= 4 is 22.5 Å². The van der Waals surface area contributed by atoms with Gasteiger partial charge in [0.15, 0.2) is 5.78 Å². The number of hydrogen-bond donors (Lipinski definition) is 2. The van der Waals surface area contributed by atoms with Crippen LogP contribution in [0.5, 0.6) is 0 Å². The number of benzene rings is 1. The number of pyridine rings is 1. The van der Waals surface area contributed by atoms with E-state index in [0.29, 0.717) is 12.0 Å². The quantitative estimate of drug-likeness (QED) is 0.821. The third kappa shape index (κ3) is 3.37. The van der Waals surface area contributed by atoms with Gasteiger partial charge in [0.2, 0.25) is 0 Å². The lowest BCUT2D eigenvalue weighted by molar-refractivity contribution is -0.128. The Balaban J connectivity index is 1.80. The number of Topliss-reactive ketones (excluding diaryl/α,β-unsaturated/α-hetero) is 2. The van der Waals surface area contributed by atoms with Gasteiger partial charge in [0.25, 0.3) is 0 Å². The van der Waals surface area contributed by atoms with Crippen LogP contribution in [0.15, 0.2) is 30.5 Å². The molecule has 1 aliphatic rings. The summed E-state index contributed by atoms with van der Waals surface area (Å²) in [6.45, 7) is 3.32. The average molecular weight is 326 g/mol. The van der Waals surface area contributed by atoms with Crippen LogP contribution in [-0.4, -0.2) is 41.4 Å². The molecule has 5 heteroatoms. The molecule has 2 aromatic rings. The molecule has 0 bridgehead atoms. The van der Waals surface area contributed by atoms with E-state index in [1.165, 1.54) is 6.20 Å². The van der Waals surface area contributed by atoms with Crippen molar-refractivity contribution < 1.29 is 14.7 Å². The maximum atomic E-state index is 12.7. The summed E-state index contributed by atoms with van der Waals surface area (Å²) in [5.41, 5.74) is 1.85. The van der Waals surface area contributed by atoms with E-state index in [0.717, 1.165) is 42.4 Å². The van der Waals surface area contributed by atoms with Gasteiger partial charge in [-0.15, -0.1) is 0 Å². The highest BCUT2D eigenvalue weighted by molar-refractivity contribution is 5.99. The van der Waals surface area contributed by atoms with Crippen LogP contribution in [0.1, 0.15) is 35.7 Å². The number of carbonyl (C=O) groups is 2. The highest BCUT2D eigenvalue weighted by atomic mass is 16.3. The van der Waals surface area contributed by atoms with E-state index in [2.05, 4.69) is 17.2 Å². The van der Waals surface area contributed by atoms with Gasteiger partial charge in [-0.1, -0.05) is 19.1 Å². The van der Waals surface area contributed by atoms with Crippen LogP contribution in [0.3, 0.4) is 0 Å². The topological polar surface area (TPSA) is 79.3 Å². The normalized spacial score (nSPS) is 16.9. The molecule has 0 spiro atoms. The first-order chi connectivity index (χ1) is 11.5. The second-order valence-electron chi connectivity index (χ2n) is 6.74. The molecule has 3 rings (SSSR count). The van der Waals surface area contributed by atoms with Crippen molar-refractivity contribution in [2.75, 3.05) is 19.7 Å². The van der Waals surface area contributed by atoms with Crippen LogP contribution in [0.4, 0.5) is 0 Å². The molecule has 0 radical (unpaired) electrons. The number of aliphatic hydroxyl groups is 1. The summed E-state index contributed by atoms with van der Waals surface area (Å²) >= 11 is 0. The molecule has 2 heterocycles. The van der Waals surface area contributed by atoms with Gasteiger partial charge in [-0.05, 0) is 43.6 Å². The van der Waals surface area contributed by atoms with E-state index < -0.39 is 6.61 Å². The Kier molecular flexibility index (Phi) is 4.73. The molecule has 1 aromatic heterocycles. The predicted octanol–water partition coefficient (Wildman–Crippen LogP) is 1.91. The molecule has 1 aromatic carbocycles. The van der Waals surface area contributed by atoms with Gasteiger partial charge in [-0.25, -0.2) is 0 Å². The Hall–Kier alpha value is -2.11. The van der Waals surface area contributed by atoms with Gasteiger partial charge in [0.05, 0.1) is 5.52 Å². The standard InChI is InChI=1S/C19H22N2O3/c1-19(4-6-20-7-5-19)18(24)9-13-2-3-14-10-15(17(23)12-22)11-21-16(14)8-13/h2-3,8,10-11,20,22H,4-7,9,12H2,1H3. The van der Waals surface area contributed by atoms with Gasteiger partial charge < -0.3 is 10.4 Å². The molecule has 0 saturated carbocycles. The maximum absolute atomic E-state index is 12.7. The molecule has 0 atom stereocenters. The molecule has 5 nitrogen and oxygen atoms in total. The minimum Gasteiger partial charge on any atom is -0.388 e. The zero-order valence-electron chi connectivity index (χ0n) is 13.8. The molecule has 0 unspecified atom stereocenters. The molecule has 126 valence electrons. The smallest absolute Gasteiger partial charge is 0.189 e. The van der Waals surface area contributed by atoms with Crippen molar-refractivity contribution in [3.8, 4) is 0 Å². The fraction of sp³-hybridized carbons (Fsp3) is 0.421. The number of nitrogens with zero attached hydrogens (tertiary/aromatic N) is 1. The fourth-order valence-corrected chi connectivity index (χ4v) is 3.18. The number of fused-ring (bicyclic) bond motifs is 1. The van der Waals surface area contributed by atoms with Crippen LogP contribution in [0.25, 0.3) is 10.9 Å². The Labute approximate surface area is 141 Å². The Morgan fingerprint density at radius 3 is 2.71 bits per heavy atom. The van der Waals surface area contributed by atoms with Crippen LogP contribution in [0, 0.1) is 5.41 Å². The van der Waals surface area contributed by atoms with E-state index in [-0.39, 0.29) is 17.0 Å². The summed E-state index contributed by atoms with van der Waals surface area (Å²) in [6, 6.07) is 7.43. The number of aliphatic hydroxyl groups excluding tert-OH is 1. The lowest BCUT2D eigenvalue weighted by Crippen LogP contribution is -2.40. The molecular formula is C19H22N2O3. The van der Waals surface area contributed by atoms with Gasteiger partial charge in [0.1, 0.15) is 12.4 Å². The zero-order valence-corrected chi connectivity index (χ0v) is 13.8. The van der Waals surface area contributed by atoms with Crippen molar-refractivity contribution in [3.63, 3.8) is 0 Å². The van der Waals surface area contributed by atoms with Crippen molar-refractivity contribution in [3.05, 3.63) is 41.6 Å². The van der Waals surface area contributed by atoms with Gasteiger partial charge in [0, 0.05) is 29.0 Å². The number of ketones is 2. The molecule has 0 aliphatic carbocycles. The van der Waals surface area contributed by atoms with E-state index in [1.54, 1.807) is 6.07 Å². The molecule has 1 fully saturated rings. The number of nitrogens with one attached hydrogen (secondary N) is 1. The number of piperidine rings is 1. The molecule has 0 amide bonds. The second-order valence-corrected chi connectivity index (χ2v) is 6.74. The Morgan fingerprint density at radius 1 is 1.25 bits per heavy atom. The van der Waals surface area contributed by atoms with Crippen LogP contribution >= 0.6 is 0 Å². The lowest BCUT2D eigenvalue weighted by atomic mass is 9.75. The molecule has 24 heavy (non-hydrogen) atoms. The van der Waals surface area contributed by atoms with E-state index in [4.69, 9.17) is 5.11 Å². The summed E-state index contributed by atoms with van der Waals surface area (Å²) < 4.78 is 0. The van der Waals surface area contributed by atoms with Gasteiger partial charge in [-0.3, -0.25) is 14.6 Å². The van der Waals surface area contributed by atoms with E-state index in [9.17, 15) is 9.59 Å². The van der Waals surface area contributed by atoms with E-state index in [1.807, 2.05) is 18.2 Å². The molecule has 1 aliphatic heterocycles. The van der Waals surface area contributed by atoms with Crippen LogP contribution < -0.4 is 5.32 Å². The minimum absolute atomic E-state index is 0.245. The first-order valence-corrected chi connectivity index (χ1v) is 8.29. The van der Waals surface area contributed by atoms with Crippen molar-refractivity contribution in [2.24, 2.45) is 5.41 Å². The monoisotopic (exact) mass is 326 g/mol. The molecule has 1 saturated heterocycles. The number of carbonyl (C=O) groups excluding carboxylic acids is 2. The highest BCUT2D eigenvalue weighted by Gasteiger charge is 2.33. The first kappa shape index (κ1) is 16.7. The maximum Gasteiger partial charge on any atom is 0.189 e. The van der Waals surface area contributed by atoms with Crippen LogP contribution in [-0.2, 0) is 11.2 Å². The Morgan fingerprint density at radius 2 is 2.00 bits per heavy atom. The number of aromatic nitrogens is 1. The number of hydrogen-bond acceptors (Lipinski definition) is 5. The largest absolute Gasteiger partial charge is 0.388 e. The first-order valence-electron chi connectivity index (χ1n) is 8.29. The average Bonchev–Trinajstić information content (AvgIpc) is 2.61. The van der Waals surface area contributed by atoms with Gasteiger partial charge in [-0.2, -0.15) is 0 Å². The third-order valence-corrected chi connectivity index (χ3v) is 4.96. The van der Waals surface area contributed by atoms with Crippen LogP contribution in [0.2, 0.25) is 0 Å². The minimum atomic E-state index is -0.521. The van der Waals surface area contributed by atoms with E-state index >= 15 is 0 Å². The zero-order chi connectivity index (χ0) is 17.2. The highest BCUT2D eigenvalue weighted by Crippen LogP contribution is 2.30. The summed E-state index contributed by atoms with van der Waals surface area (Å²) in [7, 11) is 0. The molecular weight excluding hydrogens is 304 g/mol.